The number of esters is 2. The molecule has 12 rings (SSSR count). The Morgan fingerprint density at radius 1 is 0.853 bits per heavy atom. The molecule has 17 atom stereocenters. The number of ether oxygens (including phenoxy) is 2. The van der Waals surface area contributed by atoms with E-state index in [1.165, 1.54) is 115 Å². The fraction of sp³-hybridized carbons (Fsp3) is 0.735. The van der Waals surface area contributed by atoms with Gasteiger partial charge in [0.05, 0.1) is 23.2 Å². The van der Waals surface area contributed by atoms with E-state index in [4.69, 9.17) is 9.47 Å². The third kappa shape index (κ3) is 8.46. The summed E-state index contributed by atoms with van der Waals surface area (Å²) in [6, 6.07) is 22.5. The SMILES string of the molecule is CC(=O)O[C@@H]1C[C@@H](C)[C@](O)(CCC2=CC(=O)OC2)[C@@]2([C@@H](O)CC[C@H](C)CCCc3ccccc3)[C@@H](O)CC[C@@](C)([C@@H]3CC[C@@]45C[C@@H](CC6(c7ccccc7)CCCCC6)[C@]67CC[C@@]8(CCC[C@@H]8CC(=C[C@H]3C4)[C@H]56)C7)[C@H]12. The predicted octanol–water partition coefficient (Wildman–Crippen LogP) is 14.1. The monoisotopic (exact) mass is 1020 g/mol. The minimum atomic E-state index is -1.51. The molecule has 0 unspecified atom stereocenters. The Labute approximate surface area is 450 Å². The van der Waals surface area contributed by atoms with Gasteiger partial charge in [0.1, 0.15) is 12.7 Å². The first-order chi connectivity index (χ1) is 36.1. The normalized spacial score (nSPS) is 43.0. The largest absolute Gasteiger partial charge is 0.462 e. The van der Waals surface area contributed by atoms with Gasteiger partial charge in [-0.2, -0.15) is 0 Å². The number of fused-ring (bicyclic) bond motifs is 2. The summed E-state index contributed by atoms with van der Waals surface area (Å²) in [5.41, 5.74) is 3.67. The zero-order valence-electron chi connectivity index (χ0n) is 46.6. The van der Waals surface area contributed by atoms with Crippen LogP contribution in [-0.4, -0.2) is 57.8 Å². The second-order valence-electron chi connectivity index (χ2n) is 28.6. The lowest BCUT2D eigenvalue weighted by Crippen LogP contribution is -2.77. The summed E-state index contributed by atoms with van der Waals surface area (Å²) < 4.78 is 12.1. The molecule has 3 N–H and O–H groups in total. The number of benzene rings is 2. The molecule has 1 aliphatic heterocycles. The van der Waals surface area contributed by atoms with Crippen molar-refractivity contribution in [3.05, 3.63) is 95.1 Å². The molecule has 2 aromatic carbocycles. The van der Waals surface area contributed by atoms with Crippen LogP contribution in [-0.2, 0) is 30.9 Å². The third-order valence-electron chi connectivity index (χ3n) is 25.2. The Morgan fingerprint density at radius 2 is 1.63 bits per heavy atom. The molecule has 0 amide bonds. The van der Waals surface area contributed by atoms with Gasteiger partial charge in [-0.1, -0.05) is 125 Å². The highest BCUT2D eigenvalue weighted by atomic mass is 16.5. The van der Waals surface area contributed by atoms with E-state index in [0.29, 0.717) is 54.3 Å². The lowest BCUT2D eigenvalue weighted by Gasteiger charge is -2.71. The molecule has 8 fully saturated rings. The second-order valence-corrected chi connectivity index (χ2v) is 28.6. The van der Waals surface area contributed by atoms with E-state index >= 15 is 0 Å². The number of rotatable bonds is 16. The Morgan fingerprint density at radius 3 is 2.37 bits per heavy atom. The molecule has 4 bridgehead atoms. The lowest BCUT2D eigenvalue weighted by molar-refractivity contribution is -0.329. The van der Waals surface area contributed by atoms with E-state index in [1.807, 2.05) is 5.57 Å². The third-order valence-corrected chi connectivity index (χ3v) is 25.2. The zero-order chi connectivity index (χ0) is 52.0. The Kier molecular flexibility index (Phi) is 13.9. The summed E-state index contributed by atoms with van der Waals surface area (Å²) in [4.78, 5) is 26.0. The van der Waals surface area contributed by atoms with Crippen LogP contribution in [0.5, 0.6) is 0 Å². The molecule has 1 heterocycles. The number of hydrogen-bond acceptors (Lipinski definition) is 7. The standard InChI is InChI=1S/C68H94O7/c1-45(16-14-19-48-17-8-5-9-18-48)23-24-57(70)68-58(71)27-31-62(4,61(68)56(75-47(3)69)36-46(2)67(68,73)33-25-49-37-59(72)74-43-49)55-26-32-65-40-51(55)38-50-39-53-22-15-30-64(53)34-35-66(44-64,60(50)65)54(42-65)41-63(28-12-7-13-29-63)52-20-10-6-11-21-52/h5-6,8-11,17-18,20-21,37-38,45-46,51,53-58,60-61,70-71,73H,7,12-16,19,22-36,39-44H2,1-4H3/t45-,46-,51+,53-,54-,55-,56-,57+,58+,60-,61+,62+,64+,65+,66-,67-,68+/m1/s1. The van der Waals surface area contributed by atoms with E-state index in [1.54, 1.807) is 11.6 Å². The van der Waals surface area contributed by atoms with Gasteiger partial charge in [0.25, 0.3) is 0 Å². The van der Waals surface area contributed by atoms with Crippen LogP contribution in [0.25, 0.3) is 0 Å². The van der Waals surface area contributed by atoms with Crippen LogP contribution < -0.4 is 0 Å². The number of cyclic esters (lactones) is 1. The first-order valence-electron chi connectivity index (χ1n) is 31.0. The maximum absolute atomic E-state index is 14.1. The van der Waals surface area contributed by atoms with Crippen LogP contribution in [0.2, 0.25) is 0 Å². The number of hydrogen-bond donors (Lipinski definition) is 3. The van der Waals surface area contributed by atoms with Gasteiger partial charge in [0.15, 0.2) is 0 Å². The van der Waals surface area contributed by atoms with Crippen molar-refractivity contribution >= 4 is 11.9 Å². The summed E-state index contributed by atoms with van der Waals surface area (Å²) in [6.45, 7) is 8.55. The van der Waals surface area contributed by atoms with Gasteiger partial charge in [-0.15, -0.1) is 0 Å². The van der Waals surface area contributed by atoms with Crippen molar-refractivity contribution < 1.29 is 34.4 Å². The Balaban J connectivity index is 0.921. The van der Waals surface area contributed by atoms with E-state index in [0.717, 1.165) is 55.9 Å². The highest BCUT2D eigenvalue weighted by molar-refractivity contribution is 5.85. The Hall–Kier alpha value is -3.26. The van der Waals surface area contributed by atoms with Crippen molar-refractivity contribution in [2.75, 3.05) is 6.61 Å². The van der Waals surface area contributed by atoms with Crippen LogP contribution in [0.3, 0.4) is 0 Å². The number of carbonyl (C=O) groups excluding carboxylic acids is 2. The highest BCUT2D eigenvalue weighted by Crippen LogP contribution is 2.81. The van der Waals surface area contributed by atoms with E-state index in [9.17, 15) is 24.9 Å². The lowest BCUT2D eigenvalue weighted by atomic mass is 9.36. The summed E-state index contributed by atoms with van der Waals surface area (Å²) in [7, 11) is 0. The van der Waals surface area contributed by atoms with Crippen LogP contribution >= 0.6 is 0 Å². The molecule has 408 valence electrons. The molecule has 0 aromatic heterocycles. The molecule has 75 heavy (non-hydrogen) atoms. The fourth-order valence-electron chi connectivity index (χ4n) is 22.4. The van der Waals surface area contributed by atoms with E-state index in [2.05, 4.69) is 87.5 Å². The van der Waals surface area contributed by atoms with Gasteiger partial charge >= 0.3 is 11.9 Å². The van der Waals surface area contributed by atoms with Crippen molar-refractivity contribution in [2.24, 2.45) is 74.4 Å². The van der Waals surface area contributed by atoms with Crippen LogP contribution in [0.4, 0.5) is 0 Å². The molecule has 3 spiro atoms. The van der Waals surface area contributed by atoms with E-state index < -0.39 is 46.6 Å². The zero-order valence-corrected chi connectivity index (χ0v) is 46.6. The molecule has 9 aliphatic carbocycles. The number of carbonyl (C=O) groups is 2. The van der Waals surface area contributed by atoms with E-state index in [-0.39, 0.29) is 41.7 Å². The topological polar surface area (TPSA) is 113 Å². The van der Waals surface area contributed by atoms with Crippen LogP contribution in [0.1, 0.15) is 206 Å². The molecule has 8 saturated carbocycles. The predicted molar refractivity (Wildman–Crippen MR) is 295 cm³/mol. The summed E-state index contributed by atoms with van der Waals surface area (Å²) >= 11 is 0. The average molecular weight is 1020 g/mol. The summed E-state index contributed by atoms with van der Waals surface area (Å²) in [5.74, 6) is 1.55. The molecule has 0 saturated heterocycles. The number of aliphatic hydroxyl groups excluding tert-OH is 2. The molecule has 10 aliphatic rings. The number of aryl methyl sites for hydroxylation is 1. The van der Waals surface area contributed by atoms with Crippen molar-refractivity contribution in [2.45, 2.75) is 230 Å². The van der Waals surface area contributed by atoms with Gasteiger partial charge < -0.3 is 24.8 Å². The minimum absolute atomic E-state index is 0.206. The van der Waals surface area contributed by atoms with Crippen molar-refractivity contribution in [1.82, 2.24) is 0 Å². The van der Waals surface area contributed by atoms with Gasteiger partial charge in [-0.3, -0.25) is 4.79 Å². The van der Waals surface area contributed by atoms with Gasteiger partial charge in [0.2, 0.25) is 0 Å². The minimum Gasteiger partial charge on any atom is -0.462 e. The summed E-state index contributed by atoms with van der Waals surface area (Å²) in [6.07, 6.45) is 31.3. The maximum atomic E-state index is 14.1. The van der Waals surface area contributed by atoms with Crippen LogP contribution in [0.15, 0.2) is 84.0 Å². The quantitative estimate of drug-likeness (QED) is 0.113. The summed E-state index contributed by atoms with van der Waals surface area (Å²) in [5, 5.41) is 40.9. The Bertz CT molecular complexity index is 2480. The van der Waals surface area contributed by atoms with Crippen molar-refractivity contribution in [3.8, 4) is 0 Å². The first kappa shape index (κ1) is 52.4. The smallest absolute Gasteiger partial charge is 0.331 e. The molecular weight excluding hydrogens is 929 g/mol. The van der Waals surface area contributed by atoms with Gasteiger partial charge in [-0.25, -0.2) is 4.79 Å². The second kappa shape index (κ2) is 19.8. The van der Waals surface area contributed by atoms with Gasteiger partial charge in [-0.05, 0) is 226 Å². The molecule has 7 heteroatoms. The molecular formula is C68H94O7. The number of aliphatic hydroxyl groups is 3. The number of allylic oxidation sites excluding steroid dienone is 2. The van der Waals surface area contributed by atoms with Crippen molar-refractivity contribution in [3.63, 3.8) is 0 Å². The molecule has 7 nitrogen and oxygen atoms in total. The maximum Gasteiger partial charge on any atom is 0.331 e. The van der Waals surface area contributed by atoms with Crippen LogP contribution in [0, 0.1) is 74.4 Å². The van der Waals surface area contributed by atoms with Gasteiger partial charge in [0, 0.05) is 18.9 Å². The first-order valence-corrected chi connectivity index (χ1v) is 31.0. The average Bonchev–Trinajstić information content (AvgIpc) is 4.35. The molecule has 0 radical (unpaired) electrons. The fourth-order valence-corrected chi connectivity index (χ4v) is 22.4. The van der Waals surface area contributed by atoms with Crippen molar-refractivity contribution in [1.29, 1.82) is 0 Å². The molecule has 2 aromatic rings. The highest BCUT2D eigenvalue weighted by Gasteiger charge is 2.77.